The second-order valence-electron chi connectivity index (χ2n) is 5.11. The van der Waals surface area contributed by atoms with E-state index < -0.39 is 15.2 Å². The number of rotatable bonds is 12. The van der Waals surface area contributed by atoms with Crippen molar-refractivity contribution in [2.24, 2.45) is 0 Å². The Morgan fingerprint density at radius 2 is 1.15 bits per heavy atom. The smallest absolute Gasteiger partial charge is 0.742 e. The van der Waals surface area contributed by atoms with Crippen molar-refractivity contribution < 1.29 is 69.1 Å². The molecule has 0 aromatic carbocycles. The van der Waals surface area contributed by atoms with Gasteiger partial charge in [0.1, 0.15) is 0 Å². The first kappa shape index (κ1) is 23.5. The van der Waals surface area contributed by atoms with Gasteiger partial charge in [-0.25, -0.2) is 8.42 Å². The first-order valence-corrected chi connectivity index (χ1v) is 8.88. The van der Waals surface area contributed by atoms with Crippen molar-refractivity contribution in [3.05, 3.63) is 0 Å². The molecule has 0 rings (SSSR count). The van der Waals surface area contributed by atoms with E-state index >= 15 is 0 Å². The molecule has 6 heteroatoms. The summed E-state index contributed by atoms with van der Waals surface area (Å²) in [7, 11) is -4.70. The third kappa shape index (κ3) is 15.6. The molecule has 0 aliphatic rings. The number of hydrogen-bond acceptors (Lipinski definition) is 4. The van der Waals surface area contributed by atoms with Crippen molar-refractivity contribution >= 4 is 15.2 Å². The van der Waals surface area contributed by atoms with Crippen molar-refractivity contribution in [2.45, 2.75) is 84.0 Å². The van der Waals surface area contributed by atoms with Crippen LogP contribution in [0.15, 0.2) is 0 Å². The number of carbonyl (C=O) groups is 1. The summed E-state index contributed by atoms with van der Waals surface area (Å²) in [5.74, 6) is 0. The predicted octanol–water partition coefficient (Wildman–Crippen LogP) is 0.763. The molecule has 4 nitrogen and oxygen atoms in total. The molecule has 0 aromatic heterocycles. The molecular weight excluding hydrogens is 303 g/mol. The number of carbonyl (C=O) groups excluding carboxylic acids is 1. The minimum Gasteiger partial charge on any atom is -0.742 e. The minimum absolute atomic E-state index is 0. The fourth-order valence-corrected chi connectivity index (χ4v) is 2.45. The molecule has 0 radical (unpaired) electrons. The van der Waals surface area contributed by atoms with Crippen molar-refractivity contribution in [2.75, 3.05) is 0 Å². The van der Waals surface area contributed by atoms with Crippen molar-refractivity contribution in [3.63, 3.8) is 0 Å². The van der Waals surface area contributed by atoms with Gasteiger partial charge in [-0.15, -0.1) is 0 Å². The molecule has 0 atom stereocenters. The van der Waals surface area contributed by atoms with E-state index in [1.807, 2.05) is 0 Å². The quantitative estimate of drug-likeness (QED) is 0.301. The van der Waals surface area contributed by atoms with Gasteiger partial charge in [-0.05, 0) is 6.42 Å². The first-order valence-electron chi connectivity index (χ1n) is 7.47. The van der Waals surface area contributed by atoms with Gasteiger partial charge in [0.05, 0.1) is 0 Å². The summed E-state index contributed by atoms with van der Waals surface area (Å²) in [5.41, 5.74) is 0. The molecule has 0 aliphatic heterocycles. The zero-order valence-electron chi connectivity index (χ0n) is 13.0. The van der Waals surface area contributed by atoms with Gasteiger partial charge in [-0.3, -0.25) is 4.79 Å². The Bertz CT molecular complexity index is 328. The van der Waals surface area contributed by atoms with Crippen LogP contribution in [-0.2, 0) is 14.9 Å². The van der Waals surface area contributed by atoms with Gasteiger partial charge in [-0.2, -0.15) is 0 Å². The van der Waals surface area contributed by atoms with Crippen molar-refractivity contribution in [1.82, 2.24) is 0 Å². The molecule has 0 saturated carbocycles. The van der Waals surface area contributed by atoms with Crippen LogP contribution in [0.5, 0.6) is 0 Å². The molecule has 0 spiro atoms. The molecule has 0 fully saturated rings. The van der Waals surface area contributed by atoms with Gasteiger partial charge in [-0.1, -0.05) is 71.1 Å². The predicted molar refractivity (Wildman–Crippen MR) is 75.8 cm³/mol. The van der Waals surface area contributed by atoms with Gasteiger partial charge in [0.15, 0.2) is 10.1 Å². The Hall–Kier alpha value is 1.22. The maximum absolute atomic E-state index is 10.8. The summed E-state index contributed by atoms with van der Waals surface area (Å²) >= 11 is 0. The van der Waals surface area contributed by atoms with Gasteiger partial charge >= 0.3 is 51.4 Å². The second kappa shape index (κ2) is 15.1. The van der Waals surface area contributed by atoms with Gasteiger partial charge < -0.3 is 4.55 Å². The Kier molecular flexibility index (Phi) is 17.8. The van der Waals surface area contributed by atoms with Crippen LogP contribution in [0.2, 0.25) is 0 Å². The Balaban J connectivity index is 0. The minimum atomic E-state index is -4.70. The Morgan fingerprint density at radius 1 is 0.800 bits per heavy atom. The van der Waals surface area contributed by atoms with Crippen LogP contribution < -0.4 is 51.4 Å². The molecule has 114 valence electrons. The summed E-state index contributed by atoms with van der Waals surface area (Å²) in [5, 5.41) is -1.16. The van der Waals surface area contributed by atoms with E-state index in [-0.39, 0.29) is 57.8 Å². The Morgan fingerprint density at radius 3 is 1.50 bits per heavy atom. The van der Waals surface area contributed by atoms with Crippen LogP contribution in [-0.4, -0.2) is 18.1 Å². The van der Waals surface area contributed by atoms with Crippen LogP contribution in [0, 0.1) is 0 Å². The van der Waals surface area contributed by atoms with E-state index in [2.05, 4.69) is 6.92 Å². The van der Waals surface area contributed by atoms with Crippen LogP contribution in [0.1, 0.15) is 84.0 Å². The van der Waals surface area contributed by atoms with Crippen molar-refractivity contribution in [1.29, 1.82) is 0 Å². The molecule has 0 aliphatic carbocycles. The maximum Gasteiger partial charge on any atom is 1.00 e. The molecule has 0 bridgehead atoms. The molecule has 0 amide bonds. The van der Waals surface area contributed by atoms with E-state index in [1.165, 1.54) is 44.9 Å². The average Bonchev–Trinajstić information content (AvgIpc) is 2.34. The topological polar surface area (TPSA) is 74.3 Å². The molecule has 0 N–H and O–H groups in total. The summed E-state index contributed by atoms with van der Waals surface area (Å²) in [6.07, 6.45) is 12.4. The van der Waals surface area contributed by atoms with Crippen LogP contribution in [0.4, 0.5) is 0 Å². The third-order valence-electron chi connectivity index (χ3n) is 3.26. The normalized spacial score (nSPS) is 11.1. The van der Waals surface area contributed by atoms with Crippen LogP contribution >= 0.6 is 0 Å². The monoisotopic (exact) mass is 330 g/mol. The van der Waals surface area contributed by atoms with E-state index in [0.717, 1.165) is 19.3 Å². The van der Waals surface area contributed by atoms with Crippen LogP contribution in [0.3, 0.4) is 0 Å². The van der Waals surface area contributed by atoms with Crippen LogP contribution in [0.25, 0.3) is 0 Å². The first-order chi connectivity index (χ1) is 8.98. The molecule has 0 saturated heterocycles. The third-order valence-corrected chi connectivity index (χ3v) is 4.03. The fraction of sp³-hybridized carbons (Fsp3) is 0.929. The summed E-state index contributed by atoms with van der Waals surface area (Å²) in [6.45, 7) is 2.21. The van der Waals surface area contributed by atoms with Gasteiger partial charge in [0, 0.05) is 6.42 Å². The number of unbranched alkanes of at least 4 members (excludes halogenated alkanes) is 10. The molecule has 0 heterocycles. The molecule has 20 heavy (non-hydrogen) atoms. The van der Waals surface area contributed by atoms with Crippen molar-refractivity contribution in [3.8, 4) is 0 Å². The zero-order chi connectivity index (χ0) is 14.6. The van der Waals surface area contributed by atoms with E-state index in [4.69, 9.17) is 0 Å². The maximum atomic E-state index is 10.8. The zero-order valence-corrected chi connectivity index (χ0v) is 17.0. The summed E-state index contributed by atoms with van der Waals surface area (Å²) in [4.78, 5) is 10.8. The largest absolute Gasteiger partial charge is 1.00 e. The standard InChI is InChI=1S/C14H28O4S.K/c1-2-3-4-5-6-7-8-9-10-11-12-13-14(15)19(16,17)18;/h2-13H2,1H3,(H,16,17,18);/q;+1/p-1. The summed E-state index contributed by atoms with van der Waals surface area (Å²) in [6, 6.07) is 0. The second-order valence-corrected chi connectivity index (χ2v) is 6.48. The van der Waals surface area contributed by atoms with Gasteiger partial charge in [0.2, 0.25) is 5.12 Å². The Labute approximate surface area is 166 Å². The molecule has 0 aromatic rings. The SMILES string of the molecule is CCCCCCCCCCCCCC(=O)S(=O)(=O)[O-].[K+]. The molecule has 0 unspecified atom stereocenters. The molecular formula is C14H27KO4S. The average molecular weight is 331 g/mol. The van der Waals surface area contributed by atoms with Gasteiger partial charge in [0.25, 0.3) is 0 Å². The number of hydrogen-bond donors (Lipinski definition) is 0. The van der Waals surface area contributed by atoms with E-state index in [0.29, 0.717) is 6.42 Å². The fourth-order valence-electron chi connectivity index (χ4n) is 2.06. The van der Waals surface area contributed by atoms with E-state index in [1.54, 1.807) is 0 Å². The van der Waals surface area contributed by atoms with E-state index in [9.17, 15) is 17.8 Å². The summed E-state index contributed by atoms with van der Waals surface area (Å²) < 4.78 is 31.0.